The van der Waals surface area contributed by atoms with Crippen LogP contribution in [-0.4, -0.2) is 33.9 Å². The van der Waals surface area contributed by atoms with Gasteiger partial charge in [-0.1, -0.05) is 37.1 Å². The first-order chi connectivity index (χ1) is 18.8. The molecule has 8 nitrogen and oxygen atoms in total. The molecular formula is C31H36N4O4. The van der Waals surface area contributed by atoms with E-state index in [1.807, 2.05) is 32.0 Å². The third-order valence-electron chi connectivity index (χ3n) is 7.18. The van der Waals surface area contributed by atoms with Gasteiger partial charge in [0.25, 0.3) is 0 Å². The Hall–Kier alpha value is -4.20. The van der Waals surface area contributed by atoms with Gasteiger partial charge in [0.2, 0.25) is 17.7 Å². The molecule has 204 valence electrons. The van der Waals surface area contributed by atoms with Crippen LogP contribution in [0, 0.1) is 13.8 Å². The molecule has 0 spiro atoms. The number of hydrogen-bond donors (Lipinski definition) is 3. The van der Waals surface area contributed by atoms with Crippen LogP contribution in [0.1, 0.15) is 67.7 Å². The van der Waals surface area contributed by atoms with Crippen LogP contribution in [0.15, 0.2) is 66.9 Å². The van der Waals surface area contributed by atoms with Gasteiger partial charge in [-0.25, -0.2) is 4.98 Å². The number of carbonyl (C=O) groups excluding carboxylic acids is 3. The van der Waals surface area contributed by atoms with Crippen molar-refractivity contribution in [2.75, 3.05) is 10.2 Å². The molecule has 39 heavy (non-hydrogen) atoms. The molecule has 0 aliphatic heterocycles. The molecule has 3 aromatic rings. The quantitative estimate of drug-likeness (QED) is 0.329. The summed E-state index contributed by atoms with van der Waals surface area (Å²) in [6.07, 6.45) is 6.08. The molecule has 3 amide bonds. The number of aryl methyl sites for hydroxylation is 2. The van der Waals surface area contributed by atoms with Gasteiger partial charge in [-0.2, -0.15) is 0 Å². The van der Waals surface area contributed by atoms with Gasteiger partial charge >= 0.3 is 0 Å². The van der Waals surface area contributed by atoms with Crippen LogP contribution < -0.4 is 15.5 Å². The maximum atomic E-state index is 13.9. The number of rotatable bonds is 10. The van der Waals surface area contributed by atoms with E-state index in [1.165, 1.54) is 12.1 Å². The molecule has 0 unspecified atom stereocenters. The Balaban J connectivity index is 1.59. The van der Waals surface area contributed by atoms with Crippen molar-refractivity contribution in [1.82, 2.24) is 10.3 Å². The van der Waals surface area contributed by atoms with Crippen molar-refractivity contribution in [1.29, 1.82) is 0 Å². The lowest BCUT2D eigenvalue weighted by Gasteiger charge is -2.33. The van der Waals surface area contributed by atoms with E-state index in [-0.39, 0.29) is 42.4 Å². The van der Waals surface area contributed by atoms with Gasteiger partial charge in [0.1, 0.15) is 17.6 Å². The van der Waals surface area contributed by atoms with Gasteiger partial charge in [0, 0.05) is 30.8 Å². The minimum atomic E-state index is -0.928. The van der Waals surface area contributed by atoms with Crippen LogP contribution in [0.3, 0.4) is 0 Å². The molecule has 8 heteroatoms. The fraction of sp³-hybridized carbons (Fsp3) is 0.355. The number of aromatic hydroxyl groups is 1. The van der Waals surface area contributed by atoms with Gasteiger partial charge in [-0.05, 0) is 86.2 Å². The van der Waals surface area contributed by atoms with Gasteiger partial charge < -0.3 is 15.7 Å². The fourth-order valence-electron chi connectivity index (χ4n) is 4.90. The summed E-state index contributed by atoms with van der Waals surface area (Å²) < 4.78 is 0. The molecule has 2 aromatic carbocycles. The second kappa shape index (κ2) is 13.0. The summed E-state index contributed by atoms with van der Waals surface area (Å²) in [7, 11) is 0. The summed E-state index contributed by atoms with van der Waals surface area (Å²) in [4.78, 5) is 45.7. The fourth-order valence-corrected chi connectivity index (χ4v) is 4.90. The second-order valence-corrected chi connectivity index (χ2v) is 10.1. The number of carbonyl (C=O) groups is 3. The summed E-state index contributed by atoms with van der Waals surface area (Å²) in [5.74, 6) is -0.206. The molecule has 1 aliphatic carbocycles. The maximum absolute atomic E-state index is 13.9. The molecule has 4 rings (SSSR count). The standard InChI is InChI=1S/C31H36N4O4/c1-21-13-16-25(20-22(21)2)35(29(38)12-7-11-28(37)34-27-10-5-6-19-32-27)30(23-14-17-26(36)18-15-23)31(39)33-24-8-3-4-9-24/h5-6,10,13-20,24,30,36H,3-4,7-9,11-12H2,1-2H3,(H,33,39)(H,32,34,37)/t30-/m0/s1. The van der Waals surface area contributed by atoms with E-state index in [4.69, 9.17) is 0 Å². The lowest BCUT2D eigenvalue weighted by molar-refractivity contribution is -0.127. The molecule has 1 heterocycles. The summed E-state index contributed by atoms with van der Waals surface area (Å²) in [5, 5.41) is 15.8. The van der Waals surface area contributed by atoms with Crippen molar-refractivity contribution < 1.29 is 19.5 Å². The zero-order valence-electron chi connectivity index (χ0n) is 22.5. The minimum absolute atomic E-state index is 0.0733. The molecule has 0 saturated heterocycles. The molecule has 1 fully saturated rings. The van der Waals surface area contributed by atoms with E-state index < -0.39 is 6.04 Å². The summed E-state index contributed by atoms with van der Waals surface area (Å²) in [6, 6.07) is 16.5. The predicted octanol–water partition coefficient (Wildman–Crippen LogP) is 5.35. The van der Waals surface area contributed by atoms with Crippen LogP contribution in [0.2, 0.25) is 0 Å². The first-order valence-electron chi connectivity index (χ1n) is 13.5. The Morgan fingerprint density at radius 1 is 0.974 bits per heavy atom. The van der Waals surface area contributed by atoms with E-state index in [0.29, 0.717) is 23.5 Å². The van der Waals surface area contributed by atoms with Crippen LogP contribution in [-0.2, 0) is 14.4 Å². The van der Waals surface area contributed by atoms with Gasteiger partial charge in [-0.3, -0.25) is 19.3 Å². The van der Waals surface area contributed by atoms with Gasteiger partial charge in [0.05, 0.1) is 0 Å². The predicted molar refractivity (Wildman–Crippen MR) is 151 cm³/mol. The van der Waals surface area contributed by atoms with Crippen LogP contribution in [0.4, 0.5) is 11.5 Å². The van der Waals surface area contributed by atoms with Crippen molar-refractivity contribution in [3.8, 4) is 5.75 Å². The Bertz CT molecular complexity index is 1290. The maximum Gasteiger partial charge on any atom is 0.248 e. The molecule has 3 N–H and O–H groups in total. The normalized spacial score (nSPS) is 14.0. The van der Waals surface area contributed by atoms with E-state index in [0.717, 1.165) is 36.8 Å². The monoisotopic (exact) mass is 528 g/mol. The number of pyridine rings is 1. The van der Waals surface area contributed by atoms with Crippen molar-refractivity contribution in [2.24, 2.45) is 0 Å². The third-order valence-corrected chi connectivity index (χ3v) is 7.18. The largest absolute Gasteiger partial charge is 0.508 e. The summed E-state index contributed by atoms with van der Waals surface area (Å²) in [6.45, 7) is 3.97. The van der Waals surface area contributed by atoms with E-state index >= 15 is 0 Å². The second-order valence-electron chi connectivity index (χ2n) is 10.1. The number of nitrogens with zero attached hydrogens (tertiary/aromatic N) is 2. The molecular weight excluding hydrogens is 492 g/mol. The van der Waals surface area contributed by atoms with Crippen molar-refractivity contribution in [3.05, 3.63) is 83.6 Å². The number of aromatic nitrogens is 1. The van der Waals surface area contributed by atoms with Crippen LogP contribution in [0.5, 0.6) is 5.75 Å². The highest BCUT2D eigenvalue weighted by atomic mass is 16.3. The Morgan fingerprint density at radius 2 is 1.72 bits per heavy atom. The molecule has 1 atom stereocenters. The number of phenols is 1. The summed E-state index contributed by atoms with van der Waals surface area (Å²) >= 11 is 0. The highest BCUT2D eigenvalue weighted by Gasteiger charge is 2.34. The lowest BCUT2D eigenvalue weighted by atomic mass is 10.00. The third kappa shape index (κ3) is 7.44. The first-order valence-corrected chi connectivity index (χ1v) is 13.5. The van der Waals surface area contributed by atoms with Gasteiger partial charge in [-0.15, -0.1) is 0 Å². The Kier molecular flexibility index (Phi) is 9.31. The highest BCUT2D eigenvalue weighted by Crippen LogP contribution is 2.32. The molecule has 0 radical (unpaired) electrons. The van der Waals surface area contributed by atoms with Gasteiger partial charge in [0.15, 0.2) is 0 Å². The number of nitrogens with one attached hydrogen (secondary N) is 2. The minimum Gasteiger partial charge on any atom is -0.508 e. The molecule has 0 bridgehead atoms. The Morgan fingerprint density at radius 3 is 2.38 bits per heavy atom. The number of hydrogen-bond acceptors (Lipinski definition) is 5. The van der Waals surface area contributed by atoms with Crippen LogP contribution in [0.25, 0.3) is 0 Å². The van der Waals surface area contributed by atoms with E-state index in [9.17, 15) is 19.5 Å². The summed E-state index contributed by atoms with van der Waals surface area (Å²) in [5.41, 5.74) is 3.29. The number of amides is 3. The number of benzene rings is 2. The number of phenolic OH excluding ortho intramolecular Hbond substituents is 1. The topological polar surface area (TPSA) is 112 Å². The van der Waals surface area contributed by atoms with E-state index in [2.05, 4.69) is 15.6 Å². The zero-order chi connectivity index (χ0) is 27.8. The van der Waals surface area contributed by atoms with Crippen molar-refractivity contribution >= 4 is 29.2 Å². The van der Waals surface area contributed by atoms with Crippen molar-refractivity contribution in [3.63, 3.8) is 0 Å². The average molecular weight is 529 g/mol. The number of anilines is 2. The first kappa shape index (κ1) is 27.8. The smallest absolute Gasteiger partial charge is 0.248 e. The SMILES string of the molecule is Cc1ccc(N(C(=O)CCCC(=O)Nc2ccccn2)[C@H](C(=O)NC2CCCC2)c2ccc(O)cc2)cc1C. The average Bonchev–Trinajstić information content (AvgIpc) is 3.43. The Labute approximate surface area is 229 Å². The molecule has 1 aromatic heterocycles. The highest BCUT2D eigenvalue weighted by molar-refractivity contribution is 6.01. The van der Waals surface area contributed by atoms with Crippen molar-refractivity contribution in [2.45, 2.75) is 70.9 Å². The molecule has 1 aliphatic rings. The lowest BCUT2D eigenvalue weighted by Crippen LogP contribution is -2.46. The zero-order valence-corrected chi connectivity index (χ0v) is 22.5. The van der Waals surface area contributed by atoms with Crippen LogP contribution >= 0.6 is 0 Å². The molecule has 1 saturated carbocycles. The van der Waals surface area contributed by atoms with E-state index in [1.54, 1.807) is 41.4 Å².